The van der Waals surface area contributed by atoms with Crippen molar-refractivity contribution < 1.29 is 19.7 Å². The first kappa shape index (κ1) is 13.4. The number of nitrogens with one attached hydrogen (secondary N) is 1. The topological polar surface area (TPSA) is 91.7 Å². The lowest BCUT2D eigenvalue weighted by Crippen LogP contribution is -2.44. The van der Waals surface area contributed by atoms with Crippen molar-refractivity contribution in [3.8, 4) is 0 Å². The Hall–Kier alpha value is -1.02. The van der Waals surface area contributed by atoms with Crippen molar-refractivity contribution >= 4 is 17.3 Å². The standard InChI is InChI=1S/C11H16N2O4S/c14-10(15)9-13-8(6-18-9)5-12-7-11(16)1-3-17-4-2-11/h6,12,16H,1-5,7H2,(H,14,15). The van der Waals surface area contributed by atoms with Gasteiger partial charge in [-0.3, -0.25) is 0 Å². The molecule has 1 fully saturated rings. The van der Waals surface area contributed by atoms with Crippen molar-refractivity contribution in [2.24, 2.45) is 0 Å². The molecule has 2 rings (SSSR count). The zero-order valence-electron chi connectivity index (χ0n) is 9.89. The number of aromatic nitrogens is 1. The number of ether oxygens (including phenoxy) is 1. The maximum absolute atomic E-state index is 10.7. The van der Waals surface area contributed by atoms with E-state index in [9.17, 15) is 9.90 Å². The zero-order chi connectivity index (χ0) is 13.0. The molecular weight excluding hydrogens is 256 g/mol. The van der Waals surface area contributed by atoms with Crippen LogP contribution in [0.4, 0.5) is 0 Å². The monoisotopic (exact) mass is 272 g/mol. The average molecular weight is 272 g/mol. The molecule has 6 nitrogen and oxygen atoms in total. The Morgan fingerprint density at radius 3 is 2.89 bits per heavy atom. The van der Waals surface area contributed by atoms with Gasteiger partial charge in [-0.05, 0) is 0 Å². The van der Waals surface area contributed by atoms with Gasteiger partial charge >= 0.3 is 5.97 Å². The molecule has 1 aliphatic rings. The van der Waals surface area contributed by atoms with Gasteiger partial charge in [-0.2, -0.15) is 0 Å². The number of thiazole rings is 1. The number of rotatable bonds is 5. The van der Waals surface area contributed by atoms with Gasteiger partial charge in [0.1, 0.15) is 0 Å². The molecule has 1 aromatic rings. The summed E-state index contributed by atoms with van der Waals surface area (Å²) in [7, 11) is 0. The van der Waals surface area contributed by atoms with E-state index in [2.05, 4.69) is 10.3 Å². The Morgan fingerprint density at radius 2 is 2.28 bits per heavy atom. The van der Waals surface area contributed by atoms with Crippen LogP contribution in [0.25, 0.3) is 0 Å². The van der Waals surface area contributed by atoms with Crippen LogP contribution in [0.3, 0.4) is 0 Å². The SMILES string of the molecule is O=C(O)c1nc(CNCC2(O)CCOCC2)cs1. The Balaban J connectivity index is 1.78. The van der Waals surface area contributed by atoms with Crippen LogP contribution in [0.5, 0.6) is 0 Å². The fraction of sp³-hybridized carbons (Fsp3) is 0.636. The molecule has 3 N–H and O–H groups in total. The van der Waals surface area contributed by atoms with E-state index >= 15 is 0 Å². The predicted molar refractivity (Wildman–Crippen MR) is 65.8 cm³/mol. The number of carboxylic acid groups (broad SMARTS) is 1. The van der Waals surface area contributed by atoms with Crippen molar-refractivity contribution in [2.45, 2.75) is 25.0 Å². The van der Waals surface area contributed by atoms with Gasteiger partial charge in [0.15, 0.2) is 0 Å². The summed E-state index contributed by atoms with van der Waals surface area (Å²) in [5, 5.41) is 23.8. The number of carbonyl (C=O) groups is 1. The highest BCUT2D eigenvalue weighted by molar-refractivity contribution is 7.11. The van der Waals surface area contributed by atoms with Crippen molar-refractivity contribution in [1.82, 2.24) is 10.3 Å². The molecule has 0 aliphatic carbocycles. The van der Waals surface area contributed by atoms with Gasteiger partial charge < -0.3 is 20.3 Å². The second-order valence-electron chi connectivity index (χ2n) is 4.39. The van der Waals surface area contributed by atoms with E-state index in [1.165, 1.54) is 0 Å². The molecule has 0 spiro atoms. The van der Waals surface area contributed by atoms with Gasteiger partial charge in [0.25, 0.3) is 0 Å². The summed E-state index contributed by atoms with van der Waals surface area (Å²) in [5.41, 5.74) is -0.0303. The Bertz CT molecular complexity index is 415. The normalized spacial score (nSPS) is 18.7. The fourth-order valence-electron chi connectivity index (χ4n) is 1.84. The van der Waals surface area contributed by atoms with Crippen LogP contribution in [0.2, 0.25) is 0 Å². The summed E-state index contributed by atoms with van der Waals surface area (Å²) in [6.07, 6.45) is 1.24. The highest BCUT2D eigenvalue weighted by Crippen LogP contribution is 2.19. The van der Waals surface area contributed by atoms with Crippen molar-refractivity contribution in [3.63, 3.8) is 0 Å². The van der Waals surface area contributed by atoms with E-state index in [1.54, 1.807) is 5.38 Å². The summed E-state index contributed by atoms with van der Waals surface area (Å²) < 4.78 is 5.20. The molecule has 0 aromatic carbocycles. The van der Waals surface area contributed by atoms with Crippen LogP contribution in [0.1, 0.15) is 28.3 Å². The zero-order valence-corrected chi connectivity index (χ0v) is 10.7. The van der Waals surface area contributed by atoms with E-state index < -0.39 is 11.6 Å². The predicted octanol–water partition coefficient (Wildman–Crippen LogP) is 0.472. The summed E-state index contributed by atoms with van der Waals surface area (Å²) in [5.74, 6) is -1.01. The number of aromatic carboxylic acids is 1. The van der Waals surface area contributed by atoms with Crippen LogP contribution >= 0.6 is 11.3 Å². The maximum Gasteiger partial charge on any atom is 0.365 e. The molecular formula is C11H16N2O4S. The second-order valence-corrected chi connectivity index (χ2v) is 5.25. The van der Waals surface area contributed by atoms with Gasteiger partial charge in [-0.15, -0.1) is 11.3 Å². The smallest absolute Gasteiger partial charge is 0.365 e. The van der Waals surface area contributed by atoms with Crippen molar-refractivity contribution in [3.05, 3.63) is 16.1 Å². The molecule has 7 heteroatoms. The van der Waals surface area contributed by atoms with E-state index in [0.29, 0.717) is 44.8 Å². The molecule has 2 heterocycles. The van der Waals surface area contributed by atoms with Gasteiger partial charge in [0.05, 0.1) is 11.3 Å². The number of nitrogens with zero attached hydrogens (tertiary/aromatic N) is 1. The molecule has 0 unspecified atom stereocenters. The Kier molecular flexibility index (Phi) is 4.28. The van der Waals surface area contributed by atoms with Crippen LogP contribution in [-0.4, -0.2) is 46.5 Å². The summed E-state index contributed by atoms with van der Waals surface area (Å²) in [6.45, 7) is 2.10. The largest absolute Gasteiger partial charge is 0.476 e. The third-order valence-electron chi connectivity index (χ3n) is 2.92. The molecule has 1 aliphatic heterocycles. The Labute approximate surface area is 109 Å². The number of hydrogen-bond acceptors (Lipinski definition) is 6. The summed E-state index contributed by atoms with van der Waals surface area (Å²) >= 11 is 1.11. The first-order chi connectivity index (χ1) is 8.59. The number of hydrogen-bond donors (Lipinski definition) is 3. The van der Waals surface area contributed by atoms with Gasteiger partial charge in [0.2, 0.25) is 5.01 Å². The molecule has 0 atom stereocenters. The van der Waals surface area contributed by atoms with Crippen LogP contribution in [0.15, 0.2) is 5.38 Å². The molecule has 1 saturated heterocycles. The van der Waals surface area contributed by atoms with E-state index in [0.717, 1.165) is 11.3 Å². The summed E-state index contributed by atoms with van der Waals surface area (Å²) in [4.78, 5) is 14.6. The quantitative estimate of drug-likeness (QED) is 0.722. The molecule has 100 valence electrons. The van der Waals surface area contributed by atoms with Crippen molar-refractivity contribution in [2.75, 3.05) is 19.8 Å². The van der Waals surface area contributed by atoms with Crippen molar-refractivity contribution in [1.29, 1.82) is 0 Å². The van der Waals surface area contributed by atoms with Crippen LogP contribution < -0.4 is 5.32 Å². The highest BCUT2D eigenvalue weighted by atomic mass is 32.1. The van der Waals surface area contributed by atoms with E-state index in [-0.39, 0.29) is 5.01 Å². The maximum atomic E-state index is 10.7. The first-order valence-corrected chi connectivity index (χ1v) is 6.66. The van der Waals surface area contributed by atoms with E-state index in [4.69, 9.17) is 9.84 Å². The lowest BCUT2D eigenvalue weighted by atomic mass is 9.94. The molecule has 0 bridgehead atoms. The minimum Gasteiger partial charge on any atom is -0.476 e. The van der Waals surface area contributed by atoms with E-state index in [1.807, 2.05) is 0 Å². The molecule has 18 heavy (non-hydrogen) atoms. The molecule has 0 saturated carbocycles. The number of aliphatic hydroxyl groups is 1. The van der Waals surface area contributed by atoms with Crippen LogP contribution in [0, 0.1) is 0 Å². The van der Waals surface area contributed by atoms with Crippen LogP contribution in [-0.2, 0) is 11.3 Å². The third-order valence-corrected chi connectivity index (χ3v) is 3.80. The summed E-state index contributed by atoms with van der Waals surface area (Å²) in [6, 6.07) is 0. The van der Waals surface area contributed by atoms with Gasteiger partial charge in [-0.1, -0.05) is 0 Å². The second kappa shape index (κ2) is 5.75. The average Bonchev–Trinajstić information content (AvgIpc) is 2.78. The third kappa shape index (κ3) is 3.49. The Morgan fingerprint density at radius 1 is 1.56 bits per heavy atom. The van der Waals surface area contributed by atoms with Gasteiger partial charge in [-0.25, -0.2) is 9.78 Å². The van der Waals surface area contributed by atoms with Gasteiger partial charge in [0, 0.05) is 44.5 Å². The highest BCUT2D eigenvalue weighted by Gasteiger charge is 2.29. The minimum atomic E-state index is -1.01. The lowest BCUT2D eigenvalue weighted by Gasteiger charge is -2.32. The molecule has 0 amide bonds. The lowest BCUT2D eigenvalue weighted by molar-refractivity contribution is -0.0617. The molecule has 1 aromatic heterocycles. The number of carboxylic acids is 1. The minimum absolute atomic E-state index is 0.0941. The fourth-order valence-corrected chi connectivity index (χ4v) is 2.49. The first-order valence-electron chi connectivity index (χ1n) is 5.78. The molecule has 0 radical (unpaired) electrons.